The minimum absolute atomic E-state index is 0.386. The molecule has 2 nitrogen and oxygen atoms in total. The topological polar surface area (TPSA) is 32.3 Å². The molecule has 0 amide bonds. The highest BCUT2D eigenvalue weighted by molar-refractivity contribution is 9.10. The number of rotatable bonds is 4. The largest absolute Gasteiger partial charge is 0.415 e. The van der Waals surface area contributed by atoms with Crippen molar-refractivity contribution in [3.05, 3.63) is 33.3 Å². The Bertz CT molecular complexity index is 414. The molecule has 1 aromatic carbocycles. The first-order valence-corrected chi connectivity index (χ1v) is 6.32. The molecule has 2 atom stereocenters. The van der Waals surface area contributed by atoms with Crippen LogP contribution in [0.15, 0.2) is 22.7 Å². The molecule has 0 aliphatic rings. The summed E-state index contributed by atoms with van der Waals surface area (Å²) in [4.78, 5) is 0. The molecule has 0 radical (unpaired) electrons. The molecule has 2 unspecified atom stereocenters. The summed E-state index contributed by atoms with van der Waals surface area (Å²) in [5.74, 6) is 0. The van der Waals surface area contributed by atoms with Gasteiger partial charge in [-0.05, 0) is 24.6 Å². The Labute approximate surface area is 116 Å². The van der Waals surface area contributed by atoms with Crippen molar-refractivity contribution >= 4 is 27.5 Å². The molecule has 1 rings (SSSR count). The molecule has 0 fully saturated rings. The van der Waals surface area contributed by atoms with Crippen molar-refractivity contribution in [3.8, 4) is 0 Å². The second-order valence-electron chi connectivity index (χ2n) is 3.85. The lowest BCUT2D eigenvalue weighted by Gasteiger charge is -2.20. The molecule has 7 heteroatoms. The van der Waals surface area contributed by atoms with Crippen molar-refractivity contribution in [2.75, 3.05) is 6.54 Å². The lowest BCUT2D eigenvalue weighted by Crippen LogP contribution is -2.39. The molecule has 0 aliphatic heterocycles. The van der Waals surface area contributed by atoms with E-state index >= 15 is 0 Å². The summed E-state index contributed by atoms with van der Waals surface area (Å²) >= 11 is 9.21. The van der Waals surface area contributed by atoms with E-state index in [0.29, 0.717) is 10.6 Å². The molecule has 0 saturated carbocycles. The molecule has 18 heavy (non-hydrogen) atoms. The van der Waals surface area contributed by atoms with Gasteiger partial charge in [0.1, 0.15) is 0 Å². The Balaban J connectivity index is 2.63. The van der Waals surface area contributed by atoms with Gasteiger partial charge >= 0.3 is 6.18 Å². The standard InChI is InChI=1S/C11H12BrClF3NO/c1-6(17-5-10(18)11(14,15)16)8-3-2-7(12)4-9(8)13/h2-4,6,10,17-18H,5H2,1H3. The van der Waals surface area contributed by atoms with E-state index in [-0.39, 0.29) is 6.04 Å². The molecular weight excluding hydrogens is 334 g/mol. The summed E-state index contributed by atoms with van der Waals surface area (Å²) in [5.41, 5.74) is 0.675. The van der Waals surface area contributed by atoms with Crippen LogP contribution < -0.4 is 5.32 Å². The Morgan fingerprint density at radius 2 is 2.06 bits per heavy atom. The van der Waals surface area contributed by atoms with Gasteiger partial charge in [0.2, 0.25) is 0 Å². The monoisotopic (exact) mass is 345 g/mol. The highest BCUT2D eigenvalue weighted by Crippen LogP contribution is 2.27. The van der Waals surface area contributed by atoms with Crippen molar-refractivity contribution in [3.63, 3.8) is 0 Å². The summed E-state index contributed by atoms with van der Waals surface area (Å²) in [6.07, 6.45) is -7.00. The maximum Gasteiger partial charge on any atom is 0.415 e. The number of hydrogen-bond acceptors (Lipinski definition) is 2. The van der Waals surface area contributed by atoms with Crippen molar-refractivity contribution in [1.29, 1.82) is 0 Å². The third kappa shape index (κ3) is 4.42. The van der Waals surface area contributed by atoms with Gasteiger partial charge in [0, 0.05) is 22.1 Å². The van der Waals surface area contributed by atoms with Gasteiger partial charge in [-0.2, -0.15) is 13.2 Å². The van der Waals surface area contributed by atoms with Gasteiger partial charge in [0.05, 0.1) is 0 Å². The second kappa shape index (κ2) is 6.23. The predicted octanol–water partition coefficient (Wildman–Crippen LogP) is 3.68. The molecule has 0 aliphatic carbocycles. The number of halogens is 5. The molecule has 1 aromatic rings. The van der Waals surface area contributed by atoms with Crippen LogP contribution in [-0.2, 0) is 0 Å². The third-order valence-electron chi connectivity index (χ3n) is 2.42. The molecule has 2 N–H and O–H groups in total. The zero-order chi connectivity index (χ0) is 13.9. The number of hydrogen-bond donors (Lipinski definition) is 2. The number of nitrogens with one attached hydrogen (secondary N) is 1. The Kier molecular flexibility index (Phi) is 5.46. The van der Waals surface area contributed by atoms with Crippen LogP contribution in [0.25, 0.3) is 0 Å². The van der Waals surface area contributed by atoms with Gasteiger partial charge in [-0.25, -0.2) is 0 Å². The van der Waals surface area contributed by atoms with Crippen LogP contribution in [0.4, 0.5) is 13.2 Å². The van der Waals surface area contributed by atoms with E-state index in [1.54, 1.807) is 25.1 Å². The summed E-state index contributed by atoms with van der Waals surface area (Å²) in [6, 6.07) is 4.74. The average Bonchev–Trinajstić information content (AvgIpc) is 2.24. The summed E-state index contributed by atoms with van der Waals surface area (Å²) < 4.78 is 37.1. The molecule has 0 heterocycles. The third-order valence-corrected chi connectivity index (χ3v) is 3.24. The lowest BCUT2D eigenvalue weighted by atomic mass is 10.1. The minimum Gasteiger partial charge on any atom is -0.382 e. The maximum atomic E-state index is 12.1. The molecule has 102 valence electrons. The molecule has 0 spiro atoms. The Morgan fingerprint density at radius 3 is 2.56 bits per heavy atom. The van der Waals surface area contributed by atoms with E-state index in [2.05, 4.69) is 21.2 Å². The van der Waals surface area contributed by atoms with Crippen LogP contribution in [0.2, 0.25) is 5.02 Å². The van der Waals surface area contributed by atoms with Gasteiger partial charge in [0.15, 0.2) is 6.10 Å². The van der Waals surface area contributed by atoms with E-state index in [9.17, 15) is 13.2 Å². The van der Waals surface area contributed by atoms with E-state index in [1.807, 2.05) is 0 Å². The van der Waals surface area contributed by atoms with Gasteiger partial charge in [-0.1, -0.05) is 33.6 Å². The van der Waals surface area contributed by atoms with E-state index in [1.165, 1.54) is 0 Å². The first kappa shape index (κ1) is 15.8. The SMILES string of the molecule is CC(NCC(O)C(F)(F)F)c1ccc(Br)cc1Cl. The van der Waals surface area contributed by atoms with Crippen LogP contribution in [0.3, 0.4) is 0 Å². The quantitative estimate of drug-likeness (QED) is 0.872. The van der Waals surface area contributed by atoms with Crippen molar-refractivity contribution in [2.24, 2.45) is 0 Å². The van der Waals surface area contributed by atoms with Crippen LogP contribution >= 0.6 is 27.5 Å². The van der Waals surface area contributed by atoms with Crippen molar-refractivity contribution in [1.82, 2.24) is 5.32 Å². The molecule has 0 bridgehead atoms. The average molecular weight is 347 g/mol. The Hall–Kier alpha value is -0.300. The fourth-order valence-corrected chi connectivity index (χ4v) is 2.20. The second-order valence-corrected chi connectivity index (χ2v) is 5.18. The molecule has 0 aromatic heterocycles. The van der Waals surface area contributed by atoms with Crippen LogP contribution in [0, 0.1) is 0 Å². The zero-order valence-corrected chi connectivity index (χ0v) is 11.8. The van der Waals surface area contributed by atoms with Gasteiger partial charge in [-0.15, -0.1) is 0 Å². The van der Waals surface area contributed by atoms with Crippen molar-refractivity contribution < 1.29 is 18.3 Å². The highest BCUT2D eigenvalue weighted by Gasteiger charge is 2.37. The summed E-state index contributed by atoms with van der Waals surface area (Å²) in [5, 5.41) is 11.9. The smallest absolute Gasteiger partial charge is 0.382 e. The van der Waals surface area contributed by atoms with E-state index in [4.69, 9.17) is 16.7 Å². The van der Waals surface area contributed by atoms with Gasteiger partial charge in [0.25, 0.3) is 0 Å². The van der Waals surface area contributed by atoms with Crippen molar-refractivity contribution in [2.45, 2.75) is 25.2 Å². The fourth-order valence-electron chi connectivity index (χ4n) is 1.37. The first-order valence-electron chi connectivity index (χ1n) is 5.15. The first-order chi connectivity index (χ1) is 8.21. The molecule has 0 saturated heterocycles. The van der Waals surface area contributed by atoms with Gasteiger partial charge in [-0.3, -0.25) is 0 Å². The minimum atomic E-state index is -4.61. The summed E-state index contributed by atoms with van der Waals surface area (Å²) in [6.45, 7) is 1.11. The number of alkyl halides is 3. The zero-order valence-electron chi connectivity index (χ0n) is 9.43. The Morgan fingerprint density at radius 1 is 1.44 bits per heavy atom. The van der Waals surface area contributed by atoms with Gasteiger partial charge < -0.3 is 10.4 Å². The lowest BCUT2D eigenvalue weighted by molar-refractivity contribution is -0.202. The predicted molar refractivity (Wildman–Crippen MR) is 67.6 cm³/mol. The maximum absolute atomic E-state index is 12.1. The van der Waals surface area contributed by atoms with E-state index in [0.717, 1.165) is 4.47 Å². The van der Waals surface area contributed by atoms with Crippen LogP contribution in [0.1, 0.15) is 18.5 Å². The summed E-state index contributed by atoms with van der Waals surface area (Å²) in [7, 11) is 0. The van der Waals surface area contributed by atoms with Crippen LogP contribution in [0.5, 0.6) is 0 Å². The normalized spacial score (nSPS) is 15.5. The number of benzene rings is 1. The molecular formula is C11H12BrClF3NO. The number of aliphatic hydroxyl groups is 1. The van der Waals surface area contributed by atoms with Crippen LogP contribution in [-0.4, -0.2) is 23.9 Å². The fraction of sp³-hybridized carbons (Fsp3) is 0.455. The number of aliphatic hydroxyl groups excluding tert-OH is 1. The van der Waals surface area contributed by atoms with E-state index < -0.39 is 18.8 Å². The highest BCUT2D eigenvalue weighted by atomic mass is 79.9.